The van der Waals surface area contributed by atoms with E-state index in [1.165, 1.54) is 19.5 Å². The molecule has 0 saturated carbocycles. The number of hydrogen-bond acceptors (Lipinski definition) is 7. The number of ether oxygens (including phenoxy) is 2. The third kappa shape index (κ3) is 4.56. The van der Waals surface area contributed by atoms with E-state index < -0.39 is 11.9 Å². The molecule has 0 amide bonds. The normalized spacial score (nSPS) is 11.5. The van der Waals surface area contributed by atoms with Crippen molar-refractivity contribution in [2.24, 2.45) is 7.05 Å². The molecular formula is C21H19F3N6O2. The van der Waals surface area contributed by atoms with Crippen molar-refractivity contribution in [2.75, 3.05) is 19.0 Å². The highest BCUT2D eigenvalue weighted by atomic mass is 19.4. The second kappa shape index (κ2) is 8.69. The lowest BCUT2D eigenvalue weighted by molar-refractivity contribution is -0.141. The van der Waals surface area contributed by atoms with E-state index in [-0.39, 0.29) is 5.75 Å². The molecule has 1 N–H and O–H groups in total. The number of nitrogens with one attached hydrogen (secondary N) is 1. The second-order valence-corrected chi connectivity index (χ2v) is 6.86. The lowest BCUT2D eigenvalue weighted by atomic mass is 10.1. The molecular weight excluding hydrogens is 425 g/mol. The molecule has 3 heterocycles. The van der Waals surface area contributed by atoms with Crippen molar-refractivity contribution in [3.05, 3.63) is 60.3 Å². The lowest BCUT2D eigenvalue weighted by Crippen LogP contribution is -2.08. The minimum absolute atomic E-state index is 0.0176. The Morgan fingerprint density at radius 3 is 2.69 bits per heavy atom. The summed E-state index contributed by atoms with van der Waals surface area (Å²) in [6.07, 6.45) is 0.298. The maximum absolute atomic E-state index is 12.9. The van der Waals surface area contributed by atoms with E-state index in [0.29, 0.717) is 30.3 Å². The molecule has 32 heavy (non-hydrogen) atoms. The summed E-state index contributed by atoms with van der Waals surface area (Å²) in [5.41, 5.74) is 1.48. The van der Waals surface area contributed by atoms with Crippen molar-refractivity contribution in [3.63, 3.8) is 0 Å². The Morgan fingerprint density at radius 1 is 1.06 bits per heavy atom. The van der Waals surface area contributed by atoms with Gasteiger partial charge >= 0.3 is 6.18 Å². The van der Waals surface area contributed by atoms with Crippen LogP contribution in [-0.2, 0) is 19.6 Å². The Morgan fingerprint density at radius 2 is 1.91 bits per heavy atom. The number of benzene rings is 1. The van der Waals surface area contributed by atoms with Crippen LogP contribution < -0.4 is 14.8 Å². The van der Waals surface area contributed by atoms with Gasteiger partial charge in [-0.1, -0.05) is 6.07 Å². The molecule has 166 valence electrons. The highest BCUT2D eigenvalue weighted by Crippen LogP contribution is 2.35. The number of halogens is 3. The number of methoxy groups -OCH3 is 1. The predicted octanol–water partition coefficient (Wildman–Crippen LogP) is 4.23. The molecule has 0 aliphatic rings. The Balaban J connectivity index is 1.45. The van der Waals surface area contributed by atoms with Gasteiger partial charge in [0, 0.05) is 25.9 Å². The van der Waals surface area contributed by atoms with Gasteiger partial charge in [-0.25, -0.2) is 9.97 Å². The first-order valence-corrected chi connectivity index (χ1v) is 9.60. The van der Waals surface area contributed by atoms with Gasteiger partial charge in [0.1, 0.15) is 28.8 Å². The third-order valence-corrected chi connectivity index (χ3v) is 4.71. The standard InChI is InChI=1S/C21H19F3N6O2/c1-30-19-15(11-29-30)27-12-28-20(19)26-7-5-13-3-4-16(17(9-13)31-2)32-14-6-8-25-18(10-14)21(22,23)24/h3-4,6,8-12H,5,7H2,1-2H3,(H,26,27,28). The van der Waals surface area contributed by atoms with Crippen molar-refractivity contribution >= 4 is 16.9 Å². The number of pyridine rings is 1. The first-order valence-electron chi connectivity index (χ1n) is 9.60. The number of rotatable bonds is 7. The molecule has 4 aromatic rings. The van der Waals surface area contributed by atoms with E-state index in [4.69, 9.17) is 9.47 Å². The largest absolute Gasteiger partial charge is 0.493 e. The summed E-state index contributed by atoms with van der Waals surface area (Å²) in [4.78, 5) is 11.8. The van der Waals surface area contributed by atoms with Crippen LogP contribution in [-0.4, -0.2) is 38.4 Å². The van der Waals surface area contributed by atoms with Gasteiger partial charge in [-0.3, -0.25) is 9.67 Å². The molecule has 0 aliphatic carbocycles. The average molecular weight is 444 g/mol. The first-order chi connectivity index (χ1) is 15.3. The number of fused-ring (bicyclic) bond motifs is 1. The smallest absolute Gasteiger partial charge is 0.433 e. The third-order valence-electron chi connectivity index (χ3n) is 4.71. The fourth-order valence-electron chi connectivity index (χ4n) is 3.17. The van der Waals surface area contributed by atoms with E-state index in [9.17, 15) is 13.2 Å². The minimum Gasteiger partial charge on any atom is -0.493 e. The molecule has 4 rings (SSSR count). The van der Waals surface area contributed by atoms with Gasteiger partial charge in [-0.15, -0.1) is 0 Å². The molecule has 0 radical (unpaired) electrons. The molecule has 0 atom stereocenters. The molecule has 0 unspecified atom stereocenters. The summed E-state index contributed by atoms with van der Waals surface area (Å²) in [6.45, 7) is 0.583. The Hall–Kier alpha value is -3.89. The van der Waals surface area contributed by atoms with Gasteiger partial charge in [0.2, 0.25) is 0 Å². The average Bonchev–Trinajstić information content (AvgIpc) is 3.16. The van der Waals surface area contributed by atoms with Crippen LogP contribution in [0.4, 0.5) is 19.0 Å². The summed E-state index contributed by atoms with van der Waals surface area (Å²) in [5, 5.41) is 7.46. The first kappa shape index (κ1) is 21.3. The van der Waals surface area contributed by atoms with Gasteiger partial charge in [0.15, 0.2) is 17.3 Å². The van der Waals surface area contributed by atoms with Crippen molar-refractivity contribution in [1.29, 1.82) is 0 Å². The molecule has 0 bridgehead atoms. The molecule has 1 aromatic carbocycles. The van der Waals surface area contributed by atoms with Crippen LogP contribution in [0.25, 0.3) is 11.0 Å². The number of aromatic nitrogens is 5. The van der Waals surface area contributed by atoms with E-state index in [2.05, 4.69) is 25.4 Å². The molecule has 0 spiro atoms. The zero-order chi connectivity index (χ0) is 22.7. The SMILES string of the molecule is COc1cc(CCNc2ncnc3cnn(C)c23)ccc1Oc1ccnc(C(F)(F)F)c1. The lowest BCUT2D eigenvalue weighted by Gasteiger charge is -2.13. The number of anilines is 1. The second-order valence-electron chi connectivity index (χ2n) is 6.86. The van der Waals surface area contributed by atoms with Gasteiger partial charge < -0.3 is 14.8 Å². The quantitative estimate of drug-likeness (QED) is 0.456. The predicted molar refractivity (Wildman–Crippen MR) is 111 cm³/mol. The van der Waals surface area contributed by atoms with Gasteiger partial charge in [-0.2, -0.15) is 18.3 Å². The van der Waals surface area contributed by atoms with Gasteiger partial charge in [-0.05, 0) is 30.2 Å². The molecule has 0 fully saturated rings. The van der Waals surface area contributed by atoms with Crippen LogP contribution in [0.1, 0.15) is 11.3 Å². The van der Waals surface area contributed by atoms with E-state index in [1.807, 2.05) is 13.1 Å². The van der Waals surface area contributed by atoms with E-state index in [1.54, 1.807) is 23.0 Å². The maximum atomic E-state index is 12.9. The summed E-state index contributed by atoms with van der Waals surface area (Å²) in [5.74, 6) is 1.41. The molecule has 8 nitrogen and oxygen atoms in total. The zero-order valence-corrected chi connectivity index (χ0v) is 17.2. The van der Waals surface area contributed by atoms with Crippen molar-refractivity contribution in [2.45, 2.75) is 12.6 Å². The number of nitrogens with zero attached hydrogens (tertiary/aromatic N) is 5. The van der Waals surface area contributed by atoms with Crippen LogP contribution in [0, 0.1) is 0 Å². The summed E-state index contributed by atoms with van der Waals surface area (Å²) >= 11 is 0. The Labute approximate surface area is 181 Å². The highest BCUT2D eigenvalue weighted by Gasteiger charge is 2.32. The molecule has 11 heteroatoms. The Kier molecular flexibility index (Phi) is 5.80. The van der Waals surface area contributed by atoms with Gasteiger partial charge in [0.25, 0.3) is 0 Å². The molecule has 0 saturated heterocycles. The zero-order valence-electron chi connectivity index (χ0n) is 17.2. The maximum Gasteiger partial charge on any atom is 0.433 e. The molecule has 3 aromatic heterocycles. The summed E-state index contributed by atoms with van der Waals surface area (Å²) in [6, 6.07) is 7.46. The fourth-order valence-corrected chi connectivity index (χ4v) is 3.17. The topological polar surface area (TPSA) is 87.0 Å². The molecule has 0 aliphatic heterocycles. The van der Waals surface area contributed by atoms with Crippen LogP contribution in [0.15, 0.2) is 49.1 Å². The van der Waals surface area contributed by atoms with Crippen LogP contribution in [0.5, 0.6) is 17.2 Å². The van der Waals surface area contributed by atoms with E-state index >= 15 is 0 Å². The Bertz CT molecular complexity index is 1240. The van der Waals surface area contributed by atoms with Crippen LogP contribution >= 0.6 is 0 Å². The number of aryl methyl sites for hydroxylation is 1. The van der Waals surface area contributed by atoms with Crippen molar-refractivity contribution < 1.29 is 22.6 Å². The summed E-state index contributed by atoms with van der Waals surface area (Å²) in [7, 11) is 3.29. The number of alkyl halides is 3. The minimum atomic E-state index is -4.55. The highest BCUT2D eigenvalue weighted by molar-refractivity contribution is 5.84. The van der Waals surface area contributed by atoms with Crippen LogP contribution in [0.3, 0.4) is 0 Å². The van der Waals surface area contributed by atoms with Crippen molar-refractivity contribution in [1.82, 2.24) is 24.7 Å². The van der Waals surface area contributed by atoms with Crippen molar-refractivity contribution in [3.8, 4) is 17.2 Å². The summed E-state index contributed by atoms with van der Waals surface area (Å²) < 4.78 is 51.3. The fraction of sp³-hybridized carbons (Fsp3) is 0.238. The van der Waals surface area contributed by atoms with Crippen LogP contribution in [0.2, 0.25) is 0 Å². The number of hydrogen-bond donors (Lipinski definition) is 1. The monoisotopic (exact) mass is 444 g/mol. The van der Waals surface area contributed by atoms with Gasteiger partial charge in [0.05, 0.1) is 13.3 Å². The van der Waals surface area contributed by atoms with E-state index in [0.717, 1.165) is 28.9 Å².